The Labute approximate surface area is 186 Å². The summed E-state index contributed by atoms with van der Waals surface area (Å²) in [6.45, 7) is 0.101. The Bertz CT molecular complexity index is 937. The number of rotatable bonds is 6. The fourth-order valence-electron chi connectivity index (χ4n) is 4.92. The van der Waals surface area contributed by atoms with E-state index < -0.39 is 17.9 Å². The first-order chi connectivity index (χ1) is 15.5. The number of carbonyl (C=O) groups is 3. The van der Waals surface area contributed by atoms with Gasteiger partial charge in [-0.2, -0.15) is 0 Å². The van der Waals surface area contributed by atoms with Crippen molar-refractivity contribution >= 4 is 17.9 Å². The van der Waals surface area contributed by atoms with Gasteiger partial charge in [0.15, 0.2) is 0 Å². The first kappa shape index (κ1) is 20.5. The van der Waals surface area contributed by atoms with Crippen molar-refractivity contribution in [3.63, 3.8) is 0 Å². The van der Waals surface area contributed by atoms with Crippen molar-refractivity contribution in [2.24, 2.45) is 11.8 Å². The van der Waals surface area contributed by atoms with Crippen molar-refractivity contribution in [1.29, 1.82) is 0 Å². The molecular formula is C25H27N3O4. The quantitative estimate of drug-likeness (QED) is 0.652. The van der Waals surface area contributed by atoms with Crippen LogP contribution in [0.25, 0.3) is 0 Å². The smallest absolute Gasteiger partial charge is 0.407 e. The van der Waals surface area contributed by atoms with Gasteiger partial charge in [0.25, 0.3) is 0 Å². The van der Waals surface area contributed by atoms with Gasteiger partial charge in [0.1, 0.15) is 0 Å². The second-order valence-electron chi connectivity index (χ2n) is 9.14. The number of carbonyl (C=O) groups excluding carboxylic acids is 2. The highest BCUT2D eigenvalue weighted by molar-refractivity contribution is 5.90. The maximum Gasteiger partial charge on any atom is 0.407 e. The van der Waals surface area contributed by atoms with Crippen LogP contribution in [0.3, 0.4) is 0 Å². The van der Waals surface area contributed by atoms with E-state index in [1.165, 1.54) is 16.0 Å². The Balaban J connectivity index is 1.21. The molecule has 0 aromatic heterocycles. The summed E-state index contributed by atoms with van der Waals surface area (Å²) in [6, 6.07) is 20.1. The molecule has 2 saturated carbocycles. The van der Waals surface area contributed by atoms with Crippen LogP contribution in [0.1, 0.15) is 35.8 Å². The van der Waals surface area contributed by atoms with E-state index in [0.29, 0.717) is 0 Å². The maximum absolute atomic E-state index is 13.0. The Morgan fingerprint density at radius 2 is 1.12 bits per heavy atom. The van der Waals surface area contributed by atoms with Crippen molar-refractivity contribution in [3.8, 4) is 0 Å². The predicted molar refractivity (Wildman–Crippen MR) is 118 cm³/mol. The molecule has 2 aromatic carbocycles. The summed E-state index contributed by atoms with van der Waals surface area (Å²) in [5.41, 5.74) is 2.37. The van der Waals surface area contributed by atoms with E-state index >= 15 is 0 Å². The Hall–Kier alpha value is -3.35. The predicted octanol–water partition coefficient (Wildman–Crippen LogP) is 2.56. The Morgan fingerprint density at radius 1 is 0.719 bits per heavy atom. The number of amides is 3. The van der Waals surface area contributed by atoms with Crippen molar-refractivity contribution in [2.45, 2.75) is 36.8 Å². The largest absolute Gasteiger partial charge is 0.465 e. The molecule has 7 nitrogen and oxygen atoms in total. The van der Waals surface area contributed by atoms with E-state index in [1.54, 1.807) is 0 Å². The zero-order valence-electron chi connectivity index (χ0n) is 17.7. The van der Waals surface area contributed by atoms with Gasteiger partial charge in [0, 0.05) is 37.0 Å². The zero-order chi connectivity index (χ0) is 22.2. The van der Waals surface area contributed by atoms with Gasteiger partial charge in [-0.05, 0) is 24.0 Å². The average Bonchev–Trinajstić information content (AvgIpc) is 3.70. The number of likely N-dealkylation sites (tertiary alicyclic amines) is 1. The summed E-state index contributed by atoms with van der Waals surface area (Å²) in [5.74, 6) is -1.24. The summed E-state index contributed by atoms with van der Waals surface area (Å²) >= 11 is 0. The number of carboxylic acid groups (broad SMARTS) is 1. The molecule has 2 aromatic rings. The van der Waals surface area contributed by atoms with Crippen LogP contribution < -0.4 is 10.6 Å². The highest BCUT2D eigenvalue weighted by Crippen LogP contribution is 2.42. The number of hydrogen-bond acceptors (Lipinski definition) is 3. The molecule has 3 amide bonds. The first-order valence-electron chi connectivity index (χ1n) is 11.2. The zero-order valence-corrected chi connectivity index (χ0v) is 17.7. The van der Waals surface area contributed by atoms with Crippen LogP contribution in [0.15, 0.2) is 60.7 Å². The third-order valence-corrected chi connectivity index (χ3v) is 6.96. The summed E-state index contributed by atoms with van der Waals surface area (Å²) in [5, 5.41) is 15.6. The lowest BCUT2D eigenvalue weighted by molar-refractivity contribution is -0.133. The van der Waals surface area contributed by atoms with E-state index in [9.17, 15) is 19.5 Å². The van der Waals surface area contributed by atoms with Crippen LogP contribution in [0.4, 0.5) is 4.79 Å². The van der Waals surface area contributed by atoms with Gasteiger partial charge in [-0.25, -0.2) is 4.79 Å². The average molecular weight is 434 g/mol. The Kier molecular flexibility index (Phi) is 5.33. The molecule has 3 fully saturated rings. The second kappa shape index (κ2) is 8.30. The van der Waals surface area contributed by atoms with E-state index in [2.05, 4.69) is 10.6 Å². The summed E-state index contributed by atoms with van der Waals surface area (Å²) in [6.07, 6.45) is 0.631. The van der Waals surface area contributed by atoms with Crippen LogP contribution in [0.2, 0.25) is 0 Å². The molecule has 32 heavy (non-hydrogen) atoms. The van der Waals surface area contributed by atoms with Crippen molar-refractivity contribution < 1.29 is 19.5 Å². The number of hydrogen-bond donors (Lipinski definition) is 3. The molecule has 0 bridgehead atoms. The van der Waals surface area contributed by atoms with Crippen LogP contribution in [-0.2, 0) is 9.59 Å². The van der Waals surface area contributed by atoms with Gasteiger partial charge < -0.3 is 20.6 Å². The van der Waals surface area contributed by atoms with Gasteiger partial charge in [-0.3, -0.25) is 9.59 Å². The van der Waals surface area contributed by atoms with E-state index in [4.69, 9.17) is 0 Å². The lowest BCUT2D eigenvalue weighted by atomic mass is 9.94. The molecule has 2 aliphatic carbocycles. The lowest BCUT2D eigenvalue weighted by Gasteiger charge is -2.18. The lowest BCUT2D eigenvalue weighted by Crippen LogP contribution is -2.43. The molecule has 6 atom stereocenters. The van der Waals surface area contributed by atoms with E-state index in [-0.39, 0.29) is 48.8 Å². The third-order valence-electron chi connectivity index (χ3n) is 6.96. The van der Waals surface area contributed by atoms with Gasteiger partial charge in [0.05, 0.1) is 11.8 Å². The number of nitrogens with one attached hydrogen (secondary N) is 2. The van der Waals surface area contributed by atoms with Crippen LogP contribution in [0.5, 0.6) is 0 Å². The monoisotopic (exact) mass is 433 g/mol. The van der Waals surface area contributed by atoms with Gasteiger partial charge in [-0.1, -0.05) is 60.7 Å². The fourth-order valence-corrected chi connectivity index (χ4v) is 4.92. The third kappa shape index (κ3) is 4.20. The van der Waals surface area contributed by atoms with Gasteiger partial charge >= 0.3 is 6.09 Å². The van der Waals surface area contributed by atoms with Crippen molar-refractivity contribution in [1.82, 2.24) is 15.5 Å². The fraction of sp³-hybridized carbons (Fsp3) is 0.400. The molecule has 1 heterocycles. The van der Waals surface area contributed by atoms with Crippen LogP contribution in [0, 0.1) is 11.8 Å². The minimum atomic E-state index is -1.10. The molecule has 1 saturated heterocycles. The molecule has 0 spiro atoms. The molecule has 1 aliphatic heterocycles. The molecule has 7 heteroatoms. The second-order valence-corrected chi connectivity index (χ2v) is 9.14. The number of benzene rings is 2. The molecule has 3 N–H and O–H groups in total. The molecular weight excluding hydrogens is 406 g/mol. The minimum absolute atomic E-state index is 0.0402. The van der Waals surface area contributed by atoms with E-state index in [1.807, 2.05) is 60.7 Å². The van der Waals surface area contributed by atoms with Gasteiger partial charge in [-0.15, -0.1) is 0 Å². The molecule has 0 radical (unpaired) electrons. The van der Waals surface area contributed by atoms with Crippen molar-refractivity contribution in [2.75, 3.05) is 13.1 Å². The van der Waals surface area contributed by atoms with E-state index in [0.717, 1.165) is 12.8 Å². The van der Waals surface area contributed by atoms with Gasteiger partial charge in [0.2, 0.25) is 11.8 Å². The standard InChI is InChI=1S/C25H27N3O4/c29-23(26-21-11-17(21)15-7-3-1-4-8-15)19-13-28(25(31)32)14-20(19)24(30)27-22-12-18(22)16-9-5-2-6-10-16/h1-10,17-22H,11-14H2,(H,26,29)(H,27,30)(H,31,32)/t17-,18-,19?,20?,21+,22+/m1/s1. The topological polar surface area (TPSA) is 98.7 Å². The van der Waals surface area contributed by atoms with Crippen LogP contribution >= 0.6 is 0 Å². The highest BCUT2D eigenvalue weighted by atomic mass is 16.4. The Morgan fingerprint density at radius 3 is 1.50 bits per heavy atom. The minimum Gasteiger partial charge on any atom is -0.465 e. The number of nitrogens with zero attached hydrogens (tertiary/aromatic N) is 1. The first-order valence-corrected chi connectivity index (χ1v) is 11.2. The van der Waals surface area contributed by atoms with Crippen LogP contribution in [-0.4, -0.2) is 53.1 Å². The molecule has 166 valence electrons. The molecule has 2 unspecified atom stereocenters. The van der Waals surface area contributed by atoms with Crippen molar-refractivity contribution in [3.05, 3.63) is 71.8 Å². The summed E-state index contributed by atoms with van der Waals surface area (Å²) < 4.78 is 0. The molecule has 3 aliphatic rings. The SMILES string of the molecule is O=C(N[C@H]1C[C@@H]1c1ccccc1)C1CN(C(=O)O)CC1C(=O)N[C@H]1C[C@@H]1c1ccccc1. The molecule has 5 rings (SSSR count). The summed E-state index contributed by atoms with van der Waals surface area (Å²) in [7, 11) is 0. The normalized spacial score (nSPS) is 30.4. The highest BCUT2D eigenvalue weighted by Gasteiger charge is 2.48. The maximum atomic E-state index is 13.0. The summed E-state index contributed by atoms with van der Waals surface area (Å²) in [4.78, 5) is 38.8.